The standard InChI is InChI=1S/C16H15ClF2N2O2/c17-11-5-2-1-4-10(11)7-8-13-20-14(21-23-13)15-12(16(15,18)19)6-3-9-22-15/h1-2,4-5,12H,3,6-9H2. The van der Waals surface area contributed by atoms with Crippen LogP contribution in [0.15, 0.2) is 28.8 Å². The number of rotatable bonds is 4. The molecular weight excluding hydrogens is 326 g/mol. The highest BCUT2D eigenvalue weighted by Crippen LogP contribution is 2.69. The molecule has 2 atom stereocenters. The lowest BCUT2D eigenvalue weighted by atomic mass is 10.1. The molecule has 1 aromatic carbocycles. The van der Waals surface area contributed by atoms with Crippen LogP contribution in [-0.4, -0.2) is 22.7 Å². The number of ether oxygens (including phenoxy) is 1. The smallest absolute Gasteiger partial charge is 0.290 e. The fraction of sp³-hybridized carbons (Fsp3) is 0.500. The summed E-state index contributed by atoms with van der Waals surface area (Å²) in [6.45, 7) is 0.301. The van der Waals surface area contributed by atoms with Crippen molar-refractivity contribution in [2.75, 3.05) is 6.61 Å². The number of halogens is 3. The first-order valence-electron chi connectivity index (χ1n) is 7.64. The van der Waals surface area contributed by atoms with Crippen LogP contribution in [0.25, 0.3) is 0 Å². The van der Waals surface area contributed by atoms with Crippen LogP contribution in [0.3, 0.4) is 0 Å². The van der Waals surface area contributed by atoms with Gasteiger partial charge in [0.15, 0.2) is 0 Å². The SMILES string of the molecule is FC1(F)C2CCCOC21c1noc(CCc2ccccc2Cl)n1. The van der Waals surface area contributed by atoms with Crippen LogP contribution in [-0.2, 0) is 23.2 Å². The summed E-state index contributed by atoms with van der Waals surface area (Å²) < 4.78 is 38.7. The molecule has 2 aromatic rings. The zero-order valence-corrected chi connectivity index (χ0v) is 13.0. The Hall–Kier alpha value is -1.53. The van der Waals surface area contributed by atoms with Crippen molar-refractivity contribution in [1.29, 1.82) is 0 Å². The number of nitrogens with zero attached hydrogens (tertiary/aromatic N) is 2. The lowest BCUT2D eigenvalue weighted by Crippen LogP contribution is -2.25. The molecule has 122 valence electrons. The molecule has 1 aliphatic carbocycles. The van der Waals surface area contributed by atoms with E-state index in [1.54, 1.807) is 6.07 Å². The number of hydrogen-bond donors (Lipinski definition) is 0. The minimum Gasteiger partial charge on any atom is -0.360 e. The lowest BCUT2D eigenvalue weighted by molar-refractivity contribution is -0.0704. The first-order valence-corrected chi connectivity index (χ1v) is 8.02. The van der Waals surface area contributed by atoms with Gasteiger partial charge in [-0.1, -0.05) is 35.0 Å². The van der Waals surface area contributed by atoms with Crippen molar-refractivity contribution in [3.8, 4) is 0 Å². The molecule has 2 unspecified atom stereocenters. The molecule has 4 nitrogen and oxygen atoms in total. The van der Waals surface area contributed by atoms with Crippen LogP contribution in [0.5, 0.6) is 0 Å². The normalized spacial score (nSPS) is 28.4. The van der Waals surface area contributed by atoms with Crippen molar-refractivity contribution in [2.24, 2.45) is 5.92 Å². The summed E-state index contributed by atoms with van der Waals surface area (Å²) in [5.74, 6) is -3.45. The Morgan fingerprint density at radius 1 is 1.26 bits per heavy atom. The van der Waals surface area contributed by atoms with E-state index >= 15 is 0 Å². The Labute approximate surface area is 136 Å². The average molecular weight is 341 g/mol. The van der Waals surface area contributed by atoms with Gasteiger partial charge in [-0.15, -0.1) is 0 Å². The number of alkyl halides is 2. The molecule has 2 fully saturated rings. The Bertz CT molecular complexity index is 736. The third-order valence-electron chi connectivity index (χ3n) is 4.67. The van der Waals surface area contributed by atoms with Crippen molar-refractivity contribution in [1.82, 2.24) is 10.1 Å². The Kier molecular flexibility index (Phi) is 3.43. The topological polar surface area (TPSA) is 48.2 Å². The van der Waals surface area contributed by atoms with Crippen LogP contribution in [0, 0.1) is 5.92 Å². The van der Waals surface area contributed by atoms with Crippen LogP contribution < -0.4 is 0 Å². The van der Waals surface area contributed by atoms with Crippen molar-refractivity contribution >= 4 is 11.6 Å². The molecule has 0 N–H and O–H groups in total. The van der Waals surface area contributed by atoms with Gasteiger partial charge in [-0.3, -0.25) is 0 Å². The van der Waals surface area contributed by atoms with Gasteiger partial charge in [-0.05, 0) is 30.9 Å². The second-order valence-electron chi connectivity index (χ2n) is 6.01. The van der Waals surface area contributed by atoms with Crippen molar-refractivity contribution in [3.63, 3.8) is 0 Å². The highest BCUT2D eigenvalue weighted by atomic mass is 35.5. The van der Waals surface area contributed by atoms with Crippen LogP contribution >= 0.6 is 11.6 Å². The van der Waals surface area contributed by atoms with E-state index in [1.165, 1.54) is 0 Å². The molecule has 0 amide bonds. The van der Waals surface area contributed by atoms with Gasteiger partial charge in [-0.25, -0.2) is 8.78 Å². The highest BCUT2D eigenvalue weighted by Gasteiger charge is 2.85. The Morgan fingerprint density at radius 2 is 2.09 bits per heavy atom. The molecule has 2 heterocycles. The van der Waals surface area contributed by atoms with Crippen molar-refractivity contribution in [3.05, 3.63) is 46.6 Å². The molecule has 0 spiro atoms. The Morgan fingerprint density at radius 3 is 2.87 bits per heavy atom. The largest absolute Gasteiger partial charge is 0.360 e. The van der Waals surface area contributed by atoms with E-state index in [1.807, 2.05) is 18.2 Å². The quantitative estimate of drug-likeness (QED) is 0.850. The molecule has 7 heteroatoms. The number of fused-ring (bicyclic) bond motifs is 1. The second kappa shape index (κ2) is 5.24. The summed E-state index contributed by atoms with van der Waals surface area (Å²) in [5.41, 5.74) is -0.715. The molecule has 1 aromatic heterocycles. The molecule has 2 aliphatic rings. The van der Waals surface area contributed by atoms with Gasteiger partial charge in [0, 0.05) is 18.1 Å². The zero-order chi connectivity index (χ0) is 16.1. The van der Waals surface area contributed by atoms with E-state index in [-0.39, 0.29) is 5.82 Å². The maximum atomic E-state index is 14.1. The molecule has 1 saturated carbocycles. The summed E-state index contributed by atoms with van der Waals surface area (Å²) in [6.07, 6.45) is 2.12. The fourth-order valence-corrected chi connectivity index (χ4v) is 3.60. The third kappa shape index (κ3) is 2.19. The minimum atomic E-state index is -2.91. The summed E-state index contributed by atoms with van der Waals surface area (Å²) in [6, 6.07) is 7.46. The number of benzene rings is 1. The Balaban J connectivity index is 1.51. The van der Waals surface area contributed by atoms with Gasteiger partial charge < -0.3 is 9.26 Å². The highest BCUT2D eigenvalue weighted by molar-refractivity contribution is 6.31. The monoisotopic (exact) mass is 340 g/mol. The fourth-order valence-electron chi connectivity index (χ4n) is 3.37. The van der Waals surface area contributed by atoms with E-state index < -0.39 is 17.4 Å². The van der Waals surface area contributed by atoms with Gasteiger partial charge in [0.2, 0.25) is 17.3 Å². The molecule has 0 radical (unpaired) electrons. The maximum absolute atomic E-state index is 14.1. The predicted molar refractivity (Wildman–Crippen MR) is 78.5 cm³/mol. The molecular formula is C16H15ClF2N2O2. The van der Waals surface area contributed by atoms with E-state index in [2.05, 4.69) is 10.1 Å². The molecule has 1 aliphatic heterocycles. The van der Waals surface area contributed by atoms with E-state index in [4.69, 9.17) is 20.9 Å². The van der Waals surface area contributed by atoms with E-state index in [9.17, 15) is 8.78 Å². The van der Waals surface area contributed by atoms with Crippen molar-refractivity contribution < 1.29 is 18.0 Å². The second-order valence-corrected chi connectivity index (χ2v) is 6.41. The van der Waals surface area contributed by atoms with E-state index in [0.717, 1.165) is 5.56 Å². The average Bonchev–Trinajstić information content (AvgIpc) is 2.88. The zero-order valence-electron chi connectivity index (χ0n) is 12.3. The summed E-state index contributed by atoms with van der Waals surface area (Å²) >= 11 is 6.10. The lowest BCUT2D eigenvalue weighted by Gasteiger charge is -2.17. The first-order chi connectivity index (χ1) is 11.1. The van der Waals surface area contributed by atoms with Crippen LogP contribution in [0.4, 0.5) is 8.78 Å². The van der Waals surface area contributed by atoms with Crippen LogP contribution in [0.1, 0.15) is 30.1 Å². The predicted octanol–water partition coefficient (Wildman–Crippen LogP) is 3.78. The number of hydrogen-bond acceptors (Lipinski definition) is 4. The van der Waals surface area contributed by atoms with Crippen molar-refractivity contribution in [2.45, 2.75) is 37.2 Å². The van der Waals surface area contributed by atoms with Gasteiger partial charge in [-0.2, -0.15) is 4.98 Å². The minimum absolute atomic E-state index is 0.0265. The molecule has 4 rings (SSSR count). The van der Waals surface area contributed by atoms with Crippen LogP contribution in [0.2, 0.25) is 5.02 Å². The number of aromatic nitrogens is 2. The molecule has 23 heavy (non-hydrogen) atoms. The summed E-state index contributed by atoms with van der Waals surface area (Å²) in [4.78, 5) is 4.16. The summed E-state index contributed by atoms with van der Waals surface area (Å²) in [5, 5.41) is 4.42. The summed E-state index contributed by atoms with van der Waals surface area (Å²) in [7, 11) is 0. The maximum Gasteiger partial charge on any atom is 0.290 e. The van der Waals surface area contributed by atoms with E-state index in [0.29, 0.717) is 43.2 Å². The van der Waals surface area contributed by atoms with Gasteiger partial charge in [0.25, 0.3) is 5.92 Å². The van der Waals surface area contributed by atoms with Gasteiger partial charge >= 0.3 is 0 Å². The van der Waals surface area contributed by atoms with Gasteiger partial charge in [0.05, 0.1) is 5.92 Å². The third-order valence-corrected chi connectivity index (χ3v) is 5.04. The molecule has 1 saturated heterocycles. The first kappa shape index (κ1) is 15.0. The number of aryl methyl sites for hydroxylation is 2. The molecule has 0 bridgehead atoms. The van der Waals surface area contributed by atoms with Gasteiger partial charge in [0.1, 0.15) is 0 Å².